The van der Waals surface area contributed by atoms with E-state index in [1.807, 2.05) is 30.3 Å². The number of likely N-dealkylation sites (tertiary alicyclic amines) is 1. The van der Waals surface area contributed by atoms with Crippen molar-refractivity contribution >= 4 is 17.7 Å². The Balaban J connectivity index is 1.16. The summed E-state index contributed by atoms with van der Waals surface area (Å²) in [6.07, 6.45) is 1.85. The number of thioether (sulfide) groups is 1. The molecule has 3 aromatic rings. The molecule has 162 valence electrons. The van der Waals surface area contributed by atoms with Gasteiger partial charge in [0.2, 0.25) is 17.6 Å². The molecule has 0 aliphatic carbocycles. The fraction of sp³-hybridized carbons (Fsp3) is 0.375. The molecule has 1 amide bonds. The molecule has 2 aromatic carbocycles. The van der Waals surface area contributed by atoms with Crippen LogP contribution in [-0.4, -0.2) is 52.9 Å². The number of rotatable bonds is 8. The molecule has 0 saturated carbocycles. The first-order chi connectivity index (χ1) is 15.2. The number of carbonyl (C=O) groups is 1. The van der Waals surface area contributed by atoms with E-state index in [2.05, 4.69) is 51.5 Å². The van der Waals surface area contributed by atoms with E-state index in [0.29, 0.717) is 24.8 Å². The maximum Gasteiger partial charge on any atom is 0.234 e. The van der Waals surface area contributed by atoms with Gasteiger partial charge in [0.25, 0.3) is 0 Å². The highest BCUT2D eigenvalue weighted by molar-refractivity contribution is 7.99. The summed E-state index contributed by atoms with van der Waals surface area (Å²) in [4.78, 5) is 20.3. The maximum atomic E-state index is 12.3. The Morgan fingerprint density at radius 3 is 2.61 bits per heavy atom. The van der Waals surface area contributed by atoms with Crippen LogP contribution in [0.5, 0.6) is 0 Å². The fourth-order valence-electron chi connectivity index (χ4n) is 3.70. The number of aryl methyl sites for hydroxylation is 1. The number of hydrogen-bond acceptors (Lipinski definition) is 6. The van der Waals surface area contributed by atoms with Crippen LogP contribution in [0, 0.1) is 6.92 Å². The molecule has 4 rings (SSSR count). The Morgan fingerprint density at radius 1 is 1.13 bits per heavy atom. The highest BCUT2D eigenvalue weighted by Crippen LogP contribution is 2.28. The van der Waals surface area contributed by atoms with Gasteiger partial charge in [-0.2, -0.15) is 4.98 Å². The Hall–Kier alpha value is -2.64. The predicted octanol–water partition coefficient (Wildman–Crippen LogP) is 4.13. The van der Waals surface area contributed by atoms with E-state index in [9.17, 15) is 4.79 Å². The lowest BCUT2D eigenvalue weighted by molar-refractivity contribution is -0.122. The van der Waals surface area contributed by atoms with Crippen molar-refractivity contribution in [2.45, 2.75) is 30.6 Å². The molecule has 1 aliphatic rings. The standard InChI is InChI=1S/C24H28N4O2S/c1-18-7-9-21(10-8-18)31-16-13-25-22(29)17-28-14-11-20(12-15-28)24-26-23(27-30-24)19-5-3-2-4-6-19/h2-10,20H,11-17H2,1H3,(H,25,29). The SMILES string of the molecule is Cc1ccc(SCCNC(=O)CN2CCC(c3nc(-c4ccccc4)no3)CC2)cc1. The summed E-state index contributed by atoms with van der Waals surface area (Å²) < 4.78 is 5.52. The Morgan fingerprint density at radius 2 is 1.87 bits per heavy atom. The molecule has 1 fully saturated rings. The third kappa shape index (κ3) is 6.18. The number of carbonyl (C=O) groups excluding carboxylic acids is 1. The smallest absolute Gasteiger partial charge is 0.234 e. The van der Waals surface area contributed by atoms with E-state index < -0.39 is 0 Å². The maximum absolute atomic E-state index is 12.3. The fourth-order valence-corrected chi connectivity index (χ4v) is 4.46. The molecule has 1 aromatic heterocycles. The summed E-state index contributed by atoms with van der Waals surface area (Å²) in [5.74, 6) is 2.57. The second-order valence-electron chi connectivity index (χ2n) is 7.88. The van der Waals surface area contributed by atoms with Crippen molar-refractivity contribution in [3.05, 3.63) is 66.1 Å². The molecule has 31 heavy (non-hydrogen) atoms. The van der Waals surface area contributed by atoms with Gasteiger partial charge in [0, 0.05) is 28.7 Å². The number of aromatic nitrogens is 2. The zero-order valence-corrected chi connectivity index (χ0v) is 18.6. The first kappa shape index (κ1) is 21.6. The minimum absolute atomic E-state index is 0.0899. The van der Waals surface area contributed by atoms with Gasteiger partial charge >= 0.3 is 0 Å². The van der Waals surface area contributed by atoms with Gasteiger partial charge in [0.15, 0.2) is 0 Å². The van der Waals surface area contributed by atoms with Crippen LogP contribution in [0.1, 0.15) is 30.2 Å². The van der Waals surface area contributed by atoms with Crippen molar-refractivity contribution in [2.75, 3.05) is 31.9 Å². The van der Waals surface area contributed by atoms with E-state index in [0.717, 1.165) is 37.2 Å². The molecule has 1 saturated heterocycles. The Kier molecular flexibility index (Phi) is 7.38. The third-order valence-electron chi connectivity index (χ3n) is 5.49. The number of nitrogens with one attached hydrogen (secondary N) is 1. The lowest BCUT2D eigenvalue weighted by Crippen LogP contribution is -2.41. The first-order valence-corrected chi connectivity index (χ1v) is 11.7. The Labute approximate surface area is 187 Å². The van der Waals surface area contributed by atoms with E-state index in [1.54, 1.807) is 11.8 Å². The summed E-state index contributed by atoms with van der Waals surface area (Å²) in [5, 5.41) is 7.16. The van der Waals surface area contributed by atoms with Gasteiger partial charge in [0.1, 0.15) is 0 Å². The van der Waals surface area contributed by atoms with E-state index >= 15 is 0 Å². The average Bonchev–Trinajstić information content (AvgIpc) is 3.29. The van der Waals surface area contributed by atoms with Crippen molar-refractivity contribution in [2.24, 2.45) is 0 Å². The quantitative estimate of drug-likeness (QED) is 0.423. The van der Waals surface area contributed by atoms with Crippen molar-refractivity contribution in [3.63, 3.8) is 0 Å². The van der Waals surface area contributed by atoms with E-state index in [4.69, 9.17) is 4.52 Å². The normalized spacial score (nSPS) is 15.1. The Bertz CT molecular complexity index is 967. The number of amides is 1. The lowest BCUT2D eigenvalue weighted by Gasteiger charge is -2.29. The second-order valence-corrected chi connectivity index (χ2v) is 9.05. The average molecular weight is 437 g/mol. The van der Waals surface area contributed by atoms with Crippen molar-refractivity contribution in [3.8, 4) is 11.4 Å². The molecular formula is C24H28N4O2S. The van der Waals surface area contributed by atoms with Gasteiger partial charge in [-0.15, -0.1) is 11.8 Å². The first-order valence-electron chi connectivity index (χ1n) is 10.7. The van der Waals surface area contributed by atoms with Crippen molar-refractivity contribution in [1.29, 1.82) is 0 Å². The minimum atomic E-state index is 0.0899. The predicted molar refractivity (Wildman–Crippen MR) is 123 cm³/mol. The highest BCUT2D eigenvalue weighted by atomic mass is 32.2. The summed E-state index contributed by atoms with van der Waals surface area (Å²) in [7, 11) is 0. The molecule has 0 bridgehead atoms. The summed E-state index contributed by atoms with van der Waals surface area (Å²) in [6.45, 7) is 4.93. The van der Waals surface area contributed by atoms with Gasteiger partial charge in [-0.25, -0.2) is 0 Å². The molecule has 0 atom stereocenters. The zero-order valence-electron chi connectivity index (χ0n) is 17.8. The van der Waals surface area contributed by atoms with Crippen LogP contribution in [0.3, 0.4) is 0 Å². The lowest BCUT2D eigenvalue weighted by atomic mass is 9.97. The van der Waals surface area contributed by atoms with Crippen LogP contribution in [-0.2, 0) is 4.79 Å². The van der Waals surface area contributed by atoms with Gasteiger partial charge in [0.05, 0.1) is 6.54 Å². The van der Waals surface area contributed by atoms with Crippen LogP contribution >= 0.6 is 11.8 Å². The molecular weight excluding hydrogens is 408 g/mol. The molecule has 0 radical (unpaired) electrons. The third-order valence-corrected chi connectivity index (χ3v) is 6.51. The van der Waals surface area contributed by atoms with Crippen LogP contribution in [0.4, 0.5) is 0 Å². The van der Waals surface area contributed by atoms with Crippen molar-refractivity contribution in [1.82, 2.24) is 20.4 Å². The number of benzene rings is 2. The van der Waals surface area contributed by atoms with Crippen LogP contribution in [0.15, 0.2) is 64.0 Å². The number of hydrogen-bond donors (Lipinski definition) is 1. The monoisotopic (exact) mass is 436 g/mol. The molecule has 7 heteroatoms. The van der Waals surface area contributed by atoms with Crippen LogP contribution in [0.2, 0.25) is 0 Å². The summed E-state index contributed by atoms with van der Waals surface area (Å²) in [6, 6.07) is 18.3. The molecule has 6 nitrogen and oxygen atoms in total. The highest BCUT2D eigenvalue weighted by Gasteiger charge is 2.26. The van der Waals surface area contributed by atoms with Gasteiger partial charge in [-0.3, -0.25) is 9.69 Å². The number of piperidine rings is 1. The van der Waals surface area contributed by atoms with E-state index in [1.165, 1.54) is 10.5 Å². The van der Waals surface area contributed by atoms with Crippen LogP contribution < -0.4 is 5.32 Å². The van der Waals surface area contributed by atoms with E-state index in [-0.39, 0.29) is 11.8 Å². The molecule has 1 aliphatic heterocycles. The van der Waals surface area contributed by atoms with Crippen LogP contribution in [0.25, 0.3) is 11.4 Å². The summed E-state index contributed by atoms with van der Waals surface area (Å²) in [5.41, 5.74) is 2.23. The number of nitrogens with zero attached hydrogens (tertiary/aromatic N) is 3. The minimum Gasteiger partial charge on any atom is -0.354 e. The molecule has 2 heterocycles. The summed E-state index contributed by atoms with van der Waals surface area (Å²) >= 11 is 1.76. The zero-order chi connectivity index (χ0) is 21.5. The largest absolute Gasteiger partial charge is 0.354 e. The van der Waals surface area contributed by atoms with Crippen molar-refractivity contribution < 1.29 is 9.32 Å². The second kappa shape index (κ2) is 10.6. The van der Waals surface area contributed by atoms with Gasteiger partial charge in [-0.05, 0) is 45.0 Å². The topological polar surface area (TPSA) is 71.3 Å². The van der Waals surface area contributed by atoms with Gasteiger partial charge in [-0.1, -0.05) is 53.2 Å². The molecule has 1 N–H and O–H groups in total. The van der Waals surface area contributed by atoms with Gasteiger partial charge < -0.3 is 9.84 Å². The molecule has 0 unspecified atom stereocenters. The molecule has 0 spiro atoms.